The number of ether oxygens (including phenoxy) is 2. The molecule has 5 nitrogen and oxygen atoms in total. The first-order chi connectivity index (χ1) is 13.8. The number of para-hydroxylation sites is 1. The van der Waals surface area contributed by atoms with Gasteiger partial charge in [-0.25, -0.2) is 4.99 Å². The Hall–Kier alpha value is -3.10. The number of hydrogen-bond donors (Lipinski definition) is 0. The van der Waals surface area contributed by atoms with Crippen LogP contribution >= 0.6 is 0 Å². The van der Waals surface area contributed by atoms with Crippen LogP contribution in [0.15, 0.2) is 65.2 Å². The minimum absolute atomic E-state index is 0.265. The molecule has 2 aliphatic rings. The number of amidine groups is 1. The number of benzene rings is 2. The number of aliphatic imine (C=N–C) groups is 1. The zero-order valence-electron chi connectivity index (χ0n) is 15.8. The van der Waals surface area contributed by atoms with Crippen molar-refractivity contribution >= 4 is 11.5 Å². The normalized spacial score (nSPS) is 17.0. The number of nitrogens with zero attached hydrogens (tertiary/aromatic N) is 3. The van der Waals surface area contributed by atoms with Crippen LogP contribution in [-0.4, -0.2) is 43.6 Å². The van der Waals surface area contributed by atoms with E-state index in [9.17, 15) is 5.26 Å². The van der Waals surface area contributed by atoms with Gasteiger partial charge in [0, 0.05) is 25.1 Å². The highest BCUT2D eigenvalue weighted by molar-refractivity contribution is 5.91. The van der Waals surface area contributed by atoms with Crippen molar-refractivity contribution in [1.29, 1.82) is 5.26 Å². The molecule has 0 bridgehead atoms. The Morgan fingerprint density at radius 2 is 1.79 bits per heavy atom. The predicted molar refractivity (Wildman–Crippen MR) is 109 cm³/mol. The third kappa shape index (κ3) is 4.08. The van der Waals surface area contributed by atoms with Crippen LogP contribution in [0.5, 0.6) is 5.75 Å². The highest BCUT2D eigenvalue weighted by atomic mass is 16.5. The summed E-state index contributed by atoms with van der Waals surface area (Å²) in [6, 6.07) is 20.5. The highest BCUT2D eigenvalue weighted by Gasteiger charge is 2.22. The molecule has 0 aromatic heterocycles. The van der Waals surface area contributed by atoms with Crippen molar-refractivity contribution in [2.75, 3.05) is 32.9 Å². The maximum atomic E-state index is 9.63. The van der Waals surface area contributed by atoms with Crippen molar-refractivity contribution in [2.45, 2.75) is 12.8 Å². The minimum Gasteiger partial charge on any atom is -0.487 e. The molecule has 5 heteroatoms. The van der Waals surface area contributed by atoms with Crippen LogP contribution in [0.1, 0.15) is 17.5 Å². The Bertz CT molecular complexity index is 922. The highest BCUT2D eigenvalue weighted by Crippen LogP contribution is 2.34. The van der Waals surface area contributed by atoms with Crippen LogP contribution in [0.25, 0.3) is 5.70 Å². The van der Waals surface area contributed by atoms with Gasteiger partial charge in [-0.05, 0) is 24.1 Å². The van der Waals surface area contributed by atoms with E-state index in [-0.39, 0.29) is 6.61 Å². The molecule has 1 saturated heterocycles. The fourth-order valence-corrected chi connectivity index (χ4v) is 3.52. The number of hydrogen-bond acceptors (Lipinski definition) is 4. The fourth-order valence-electron chi connectivity index (χ4n) is 3.52. The molecule has 28 heavy (non-hydrogen) atoms. The first-order valence-electron chi connectivity index (χ1n) is 9.65. The lowest BCUT2D eigenvalue weighted by Gasteiger charge is -2.31. The molecule has 0 amide bonds. The van der Waals surface area contributed by atoms with E-state index in [2.05, 4.69) is 35.2 Å². The lowest BCUT2D eigenvalue weighted by Crippen LogP contribution is -2.41. The quantitative estimate of drug-likeness (QED) is 0.606. The Morgan fingerprint density at radius 1 is 1.04 bits per heavy atom. The van der Waals surface area contributed by atoms with Gasteiger partial charge in [0.1, 0.15) is 24.3 Å². The lowest BCUT2D eigenvalue weighted by molar-refractivity contribution is 0.0672. The van der Waals surface area contributed by atoms with E-state index in [0.717, 1.165) is 48.8 Å². The standard InChI is InChI=1S/C23H23N3O2/c24-16-19-17-28-21-9-5-4-8-20(21)23(19)25-22(26-12-14-27-15-13-26)11-10-18-6-2-1-3-7-18/h1-9H,10-15,17H2. The van der Waals surface area contributed by atoms with Gasteiger partial charge < -0.3 is 14.4 Å². The van der Waals surface area contributed by atoms with Gasteiger partial charge in [-0.3, -0.25) is 0 Å². The van der Waals surface area contributed by atoms with E-state index in [0.29, 0.717) is 18.8 Å². The molecule has 0 N–H and O–H groups in total. The van der Waals surface area contributed by atoms with Crippen LogP contribution in [0.2, 0.25) is 0 Å². The van der Waals surface area contributed by atoms with Crippen LogP contribution in [-0.2, 0) is 11.2 Å². The van der Waals surface area contributed by atoms with Gasteiger partial charge in [0.15, 0.2) is 0 Å². The molecule has 2 aromatic rings. The molecule has 0 atom stereocenters. The van der Waals surface area contributed by atoms with E-state index in [1.54, 1.807) is 0 Å². The van der Waals surface area contributed by atoms with Crippen molar-refractivity contribution in [3.8, 4) is 11.8 Å². The molecule has 0 spiro atoms. The molecule has 2 aromatic carbocycles. The summed E-state index contributed by atoms with van der Waals surface area (Å²) in [5.74, 6) is 1.79. The molecule has 0 aliphatic carbocycles. The fraction of sp³-hybridized carbons (Fsp3) is 0.304. The molecule has 0 unspecified atom stereocenters. The summed E-state index contributed by atoms with van der Waals surface area (Å²) in [6.45, 7) is 3.31. The second-order valence-electron chi connectivity index (χ2n) is 6.84. The molecule has 2 aliphatic heterocycles. The number of fused-ring (bicyclic) bond motifs is 1. The molecular weight excluding hydrogens is 350 g/mol. The van der Waals surface area contributed by atoms with Gasteiger partial charge in [-0.2, -0.15) is 5.26 Å². The van der Waals surface area contributed by atoms with Crippen LogP contribution in [0.3, 0.4) is 0 Å². The molecule has 1 fully saturated rings. The Morgan fingerprint density at radius 3 is 2.57 bits per heavy atom. The summed E-state index contributed by atoms with van der Waals surface area (Å²) in [5.41, 5.74) is 3.48. The summed E-state index contributed by atoms with van der Waals surface area (Å²) >= 11 is 0. The Kier molecular flexibility index (Phi) is 5.69. The number of aryl methyl sites for hydroxylation is 1. The summed E-state index contributed by atoms with van der Waals surface area (Å²) < 4.78 is 11.3. The molecule has 0 saturated carbocycles. The second kappa shape index (κ2) is 8.73. The van der Waals surface area contributed by atoms with E-state index >= 15 is 0 Å². The number of nitriles is 1. The molecule has 0 radical (unpaired) electrons. The van der Waals surface area contributed by atoms with Gasteiger partial charge in [-0.1, -0.05) is 42.5 Å². The van der Waals surface area contributed by atoms with Crippen LogP contribution < -0.4 is 4.74 Å². The van der Waals surface area contributed by atoms with Gasteiger partial charge in [0.25, 0.3) is 0 Å². The van der Waals surface area contributed by atoms with Crippen LogP contribution in [0.4, 0.5) is 0 Å². The molecule has 142 valence electrons. The summed E-state index contributed by atoms with van der Waals surface area (Å²) in [4.78, 5) is 7.32. The van der Waals surface area contributed by atoms with E-state index in [4.69, 9.17) is 14.5 Å². The van der Waals surface area contributed by atoms with Gasteiger partial charge in [0.2, 0.25) is 0 Å². The van der Waals surface area contributed by atoms with Crippen molar-refractivity contribution in [3.05, 3.63) is 71.3 Å². The molecule has 2 heterocycles. The van der Waals surface area contributed by atoms with Gasteiger partial charge in [-0.15, -0.1) is 0 Å². The second-order valence-corrected chi connectivity index (χ2v) is 6.84. The topological polar surface area (TPSA) is 57.9 Å². The number of rotatable bonds is 4. The number of morpholine rings is 1. The smallest absolute Gasteiger partial charge is 0.129 e. The summed E-state index contributed by atoms with van der Waals surface area (Å²) in [7, 11) is 0. The zero-order valence-corrected chi connectivity index (χ0v) is 15.8. The van der Waals surface area contributed by atoms with Crippen molar-refractivity contribution in [2.24, 2.45) is 4.99 Å². The van der Waals surface area contributed by atoms with Crippen molar-refractivity contribution < 1.29 is 9.47 Å². The Labute approximate surface area is 165 Å². The van der Waals surface area contributed by atoms with Crippen LogP contribution in [0, 0.1) is 11.3 Å². The van der Waals surface area contributed by atoms with Gasteiger partial charge >= 0.3 is 0 Å². The summed E-state index contributed by atoms with van der Waals surface area (Å²) in [6.07, 6.45) is 1.72. The van der Waals surface area contributed by atoms with E-state index < -0.39 is 0 Å². The lowest BCUT2D eigenvalue weighted by atomic mass is 10.0. The molecular formula is C23H23N3O2. The van der Waals surface area contributed by atoms with E-state index in [1.807, 2.05) is 30.3 Å². The predicted octanol–water partition coefficient (Wildman–Crippen LogP) is 3.68. The monoisotopic (exact) mass is 373 g/mol. The van der Waals surface area contributed by atoms with Crippen molar-refractivity contribution in [1.82, 2.24) is 4.90 Å². The SMILES string of the molecule is N#CC1=C(N=C(CCc2ccccc2)N2CCOCC2)c2ccccc2OC1. The third-order valence-corrected chi connectivity index (χ3v) is 5.03. The maximum absolute atomic E-state index is 9.63. The molecule has 4 rings (SSSR count). The van der Waals surface area contributed by atoms with Crippen molar-refractivity contribution in [3.63, 3.8) is 0 Å². The first-order valence-corrected chi connectivity index (χ1v) is 9.65. The first kappa shape index (κ1) is 18.3. The van der Waals surface area contributed by atoms with E-state index in [1.165, 1.54) is 5.56 Å². The average molecular weight is 373 g/mol. The third-order valence-electron chi connectivity index (χ3n) is 5.03. The maximum Gasteiger partial charge on any atom is 0.129 e. The Balaban J connectivity index is 1.69. The zero-order chi connectivity index (χ0) is 19.2. The average Bonchev–Trinajstić information content (AvgIpc) is 2.78. The summed E-state index contributed by atoms with van der Waals surface area (Å²) in [5, 5.41) is 9.63. The minimum atomic E-state index is 0.265. The largest absolute Gasteiger partial charge is 0.487 e. The van der Waals surface area contributed by atoms with Gasteiger partial charge in [0.05, 0.1) is 24.5 Å².